The van der Waals surface area contributed by atoms with Crippen molar-refractivity contribution in [2.24, 2.45) is 0 Å². The third-order valence-corrected chi connectivity index (χ3v) is 2.03. The SMILES string of the molecule is O[B]C1=CC2=CC=CC2=C1[B]O. The lowest BCUT2D eigenvalue weighted by molar-refractivity contribution is 0.604. The second kappa shape index (κ2) is 2.81. The van der Waals surface area contributed by atoms with Gasteiger partial charge >= 0.3 is 15.0 Å². The highest BCUT2D eigenvalue weighted by Crippen LogP contribution is 2.32. The Bertz CT molecular complexity index is 337. The van der Waals surface area contributed by atoms with Crippen LogP contribution in [0.5, 0.6) is 0 Å². The lowest BCUT2D eigenvalue weighted by atomic mass is 9.71. The number of fused-ring (bicyclic) bond motifs is 1. The smallest absolute Gasteiger partial charge is 0.326 e. The highest BCUT2D eigenvalue weighted by Gasteiger charge is 2.21. The number of allylic oxidation sites excluding steroid dienone is 8. The first-order chi connectivity index (χ1) is 5.86. The fraction of sp³-hybridized carbons (Fsp3) is 0. The molecule has 2 rings (SSSR count). The van der Waals surface area contributed by atoms with Gasteiger partial charge in [-0.05, 0) is 16.6 Å². The first kappa shape index (κ1) is 7.65. The standard InChI is InChI=1S/C8H6B2O2/c11-9-7-4-5-2-1-3-6(5)8(7)10-12/h1-4,11-12H. The minimum Gasteiger partial charge on any atom is -0.450 e. The molecule has 12 heavy (non-hydrogen) atoms. The summed E-state index contributed by atoms with van der Waals surface area (Å²) >= 11 is 0. The summed E-state index contributed by atoms with van der Waals surface area (Å²) in [5, 5.41) is 17.7. The predicted octanol–water partition coefficient (Wildman–Crippen LogP) is -0.143. The van der Waals surface area contributed by atoms with Gasteiger partial charge in [0, 0.05) is 0 Å². The van der Waals surface area contributed by atoms with Gasteiger partial charge in [-0.3, -0.25) is 0 Å². The molecular formula is C8H6B2O2. The van der Waals surface area contributed by atoms with Crippen molar-refractivity contribution in [2.45, 2.75) is 0 Å². The minimum atomic E-state index is 0.656. The van der Waals surface area contributed by atoms with Crippen LogP contribution in [0.3, 0.4) is 0 Å². The summed E-state index contributed by atoms with van der Waals surface area (Å²) in [4.78, 5) is 0. The zero-order chi connectivity index (χ0) is 8.55. The van der Waals surface area contributed by atoms with E-state index in [-0.39, 0.29) is 0 Å². The van der Waals surface area contributed by atoms with E-state index in [1.165, 1.54) is 0 Å². The van der Waals surface area contributed by atoms with Gasteiger partial charge in [0.2, 0.25) is 0 Å². The van der Waals surface area contributed by atoms with Crippen LogP contribution >= 0.6 is 0 Å². The molecule has 2 aliphatic carbocycles. The highest BCUT2D eigenvalue weighted by atomic mass is 16.2. The van der Waals surface area contributed by atoms with Crippen molar-refractivity contribution in [2.75, 3.05) is 0 Å². The van der Waals surface area contributed by atoms with E-state index in [2.05, 4.69) is 0 Å². The first-order valence-corrected chi connectivity index (χ1v) is 3.67. The molecule has 0 atom stereocenters. The Balaban J connectivity index is 2.46. The second-order valence-electron chi connectivity index (χ2n) is 2.67. The molecule has 0 heterocycles. The Labute approximate surface area is 72.2 Å². The molecule has 0 spiro atoms. The van der Waals surface area contributed by atoms with Crippen LogP contribution in [0.4, 0.5) is 0 Å². The molecule has 0 aromatic carbocycles. The van der Waals surface area contributed by atoms with E-state index in [0.717, 1.165) is 26.1 Å². The largest absolute Gasteiger partial charge is 0.450 e. The number of hydrogen-bond acceptors (Lipinski definition) is 2. The van der Waals surface area contributed by atoms with Crippen LogP contribution in [-0.2, 0) is 0 Å². The molecule has 0 amide bonds. The number of rotatable bonds is 2. The van der Waals surface area contributed by atoms with Crippen LogP contribution in [-0.4, -0.2) is 25.0 Å². The van der Waals surface area contributed by atoms with E-state index < -0.39 is 0 Å². The topological polar surface area (TPSA) is 40.5 Å². The van der Waals surface area contributed by atoms with Crippen LogP contribution < -0.4 is 0 Å². The quantitative estimate of drug-likeness (QED) is 0.545. The maximum absolute atomic E-state index is 8.90. The lowest BCUT2D eigenvalue weighted by Gasteiger charge is -1.99. The van der Waals surface area contributed by atoms with Gasteiger partial charge in [-0.25, -0.2) is 0 Å². The summed E-state index contributed by atoms with van der Waals surface area (Å²) in [6, 6.07) is 0. The summed E-state index contributed by atoms with van der Waals surface area (Å²) in [6.45, 7) is 0. The van der Waals surface area contributed by atoms with E-state index in [1.54, 1.807) is 0 Å². The van der Waals surface area contributed by atoms with Crippen molar-refractivity contribution >= 4 is 15.0 Å². The molecular weight excluding hydrogens is 150 g/mol. The average molecular weight is 156 g/mol. The second-order valence-corrected chi connectivity index (χ2v) is 2.67. The van der Waals surface area contributed by atoms with Crippen molar-refractivity contribution in [3.05, 3.63) is 46.4 Å². The molecule has 0 saturated heterocycles. The maximum atomic E-state index is 8.90. The lowest BCUT2D eigenvalue weighted by Crippen LogP contribution is -2.04. The highest BCUT2D eigenvalue weighted by molar-refractivity contribution is 6.51. The van der Waals surface area contributed by atoms with Crippen molar-refractivity contribution in [1.82, 2.24) is 0 Å². The van der Waals surface area contributed by atoms with Crippen molar-refractivity contribution in [1.29, 1.82) is 0 Å². The minimum absolute atomic E-state index is 0.656. The van der Waals surface area contributed by atoms with E-state index >= 15 is 0 Å². The van der Waals surface area contributed by atoms with Crippen molar-refractivity contribution in [3.8, 4) is 0 Å². The molecule has 2 N–H and O–H groups in total. The van der Waals surface area contributed by atoms with Crippen LogP contribution in [0.15, 0.2) is 46.4 Å². The van der Waals surface area contributed by atoms with E-state index in [1.807, 2.05) is 24.3 Å². The molecule has 0 aliphatic heterocycles. The molecule has 4 heteroatoms. The molecule has 0 aromatic rings. The van der Waals surface area contributed by atoms with Gasteiger partial charge in [0.05, 0.1) is 0 Å². The van der Waals surface area contributed by atoms with Gasteiger partial charge in [-0.2, -0.15) is 0 Å². The monoisotopic (exact) mass is 156 g/mol. The molecule has 0 bridgehead atoms. The predicted molar refractivity (Wildman–Crippen MR) is 48.3 cm³/mol. The van der Waals surface area contributed by atoms with Crippen LogP contribution in [0.25, 0.3) is 0 Å². The summed E-state index contributed by atoms with van der Waals surface area (Å²) in [5.41, 5.74) is 3.34. The Morgan fingerprint density at radius 2 is 2.00 bits per heavy atom. The van der Waals surface area contributed by atoms with Crippen molar-refractivity contribution in [3.63, 3.8) is 0 Å². The zero-order valence-electron chi connectivity index (χ0n) is 6.36. The fourth-order valence-electron chi connectivity index (χ4n) is 1.46. The van der Waals surface area contributed by atoms with Gasteiger partial charge in [-0.1, -0.05) is 29.8 Å². The molecule has 2 aliphatic rings. The Morgan fingerprint density at radius 1 is 1.17 bits per heavy atom. The molecule has 0 saturated carbocycles. The van der Waals surface area contributed by atoms with Gasteiger partial charge in [0.25, 0.3) is 0 Å². The number of hydrogen-bond donors (Lipinski definition) is 2. The summed E-state index contributed by atoms with van der Waals surface area (Å²) in [6.07, 6.45) is 7.59. The van der Waals surface area contributed by atoms with Crippen LogP contribution in [0.2, 0.25) is 0 Å². The van der Waals surface area contributed by atoms with Gasteiger partial charge < -0.3 is 10.0 Å². The van der Waals surface area contributed by atoms with Crippen molar-refractivity contribution < 1.29 is 10.0 Å². The van der Waals surface area contributed by atoms with Gasteiger partial charge in [0.1, 0.15) is 0 Å². The first-order valence-electron chi connectivity index (χ1n) is 3.67. The van der Waals surface area contributed by atoms with Crippen LogP contribution in [0.1, 0.15) is 0 Å². The Morgan fingerprint density at radius 3 is 2.67 bits per heavy atom. The average Bonchev–Trinajstić information content (AvgIpc) is 2.61. The van der Waals surface area contributed by atoms with E-state index in [0.29, 0.717) is 10.9 Å². The third-order valence-electron chi connectivity index (χ3n) is 2.03. The van der Waals surface area contributed by atoms with Gasteiger partial charge in [-0.15, -0.1) is 0 Å². The summed E-state index contributed by atoms with van der Waals surface area (Å²) in [5.74, 6) is 0. The molecule has 56 valence electrons. The summed E-state index contributed by atoms with van der Waals surface area (Å²) in [7, 11) is 2.02. The summed E-state index contributed by atoms with van der Waals surface area (Å²) < 4.78 is 0. The third kappa shape index (κ3) is 0.924. The van der Waals surface area contributed by atoms with Gasteiger partial charge in [0.15, 0.2) is 0 Å². The molecule has 2 nitrogen and oxygen atoms in total. The van der Waals surface area contributed by atoms with Crippen LogP contribution in [0, 0.1) is 0 Å². The van der Waals surface area contributed by atoms with E-state index in [4.69, 9.17) is 10.0 Å². The normalized spacial score (nSPS) is 19.2. The molecule has 0 fully saturated rings. The molecule has 0 aromatic heterocycles. The zero-order valence-corrected chi connectivity index (χ0v) is 6.36. The van der Waals surface area contributed by atoms with E-state index in [9.17, 15) is 0 Å². The molecule has 0 unspecified atom stereocenters. The Hall–Kier alpha value is -0.990. The Kier molecular flexibility index (Phi) is 1.79. The fourth-order valence-corrected chi connectivity index (χ4v) is 1.46. The maximum Gasteiger partial charge on any atom is 0.326 e. The molecule has 2 radical (unpaired) electrons.